The molecule has 1 saturated heterocycles. The van der Waals surface area contributed by atoms with Gasteiger partial charge in [0.1, 0.15) is 6.23 Å². The Morgan fingerprint density at radius 1 is 0.895 bits per heavy atom. The van der Waals surface area contributed by atoms with Gasteiger partial charge >= 0.3 is 0 Å². The number of anilines is 4. The van der Waals surface area contributed by atoms with Crippen molar-refractivity contribution in [2.75, 3.05) is 81.2 Å². The number of benzene rings is 1. The first-order valence-electron chi connectivity index (χ1n) is 14.1. The van der Waals surface area contributed by atoms with E-state index in [1.165, 1.54) is 0 Å². The summed E-state index contributed by atoms with van der Waals surface area (Å²) in [6.07, 6.45) is 4.36. The Bertz CT molecular complexity index is 896. The molecule has 1 aliphatic heterocycles. The van der Waals surface area contributed by atoms with E-state index >= 15 is 0 Å². The Labute approximate surface area is 227 Å². The van der Waals surface area contributed by atoms with Crippen molar-refractivity contribution < 1.29 is 14.6 Å². The summed E-state index contributed by atoms with van der Waals surface area (Å²) in [6, 6.07) is 7.95. The van der Waals surface area contributed by atoms with Gasteiger partial charge in [0.05, 0.1) is 26.4 Å². The van der Waals surface area contributed by atoms with Gasteiger partial charge < -0.3 is 35.4 Å². The van der Waals surface area contributed by atoms with Gasteiger partial charge in [0.15, 0.2) is 0 Å². The minimum absolute atomic E-state index is 0.504. The smallest absolute Gasteiger partial charge is 0.233 e. The van der Waals surface area contributed by atoms with E-state index in [1.807, 2.05) is 24.3 Å². The zero-order valence-electron chi connectivity index (χ0n) is 23.0. The van der Waals surface area contributed by atoms with Gasteiger partial charge in [0, 0.05) is 44.8 Å². The van der Waals surface area contributed by atoms with E-state index in [4.69, 9.17) is 9.47 Å². The van der Waals surface area contributed by atoms with Crippen LogP contribution in [0, 0.1) is 0 Å². The largest absolute Gasteiger partial charge is 0.378 e. The molecular formula is C27H46N8O3. The fourth-order valence-electron chi connectivity index (χ4n) is 4.02. The van der Waals surface area contributed by atoms with Crippen LogP contribution in [0.5, 0.6) is 0 Å². The number of hydrogen-bond acceptors (Lipinski definition) is 11. The van der Waals surface area contributed by atoms with Gasteiger partial charge in [-0.2, -0.15) is 15.0 Å². The predicted octanol–water partition coefficient (Wildman–Crippen LogP) is 2.52. The molecule has 0 aliphatic carbocycles. The van der Waals surface area contributed by atoms with E-state index < -0.39 is 6.23 Å². The molecule has 1 unspecified atom stereocenters. The van der Waals surface area contributed by atoms with Crippen LogP contribution in [0.25, 0.3) is 0 Å². The van der Waals surface area contributed by atoms with Crippen molar-refractivity contribution in [3.8, 4) is 0 Å². The summed E-state index contributed by atoms with van der Waals surface area (Å²) in [5, 5.41) is 23.3. The number of ether oxygens (including phenoxy) is 2. The van der Waals surface area contributed by atoms with Gasteiger partial charge in [-0.05, 0) is 43.5 Å². The molecule has 1 aliphatic rings. The molecule has 0 amide bonds. The standard InChI is InChI=1S/C27H46N8O3/c1-3-5-12-30-25-32-26(34-27(33-25)35-15-6-7-16-35)31-23-10-8-22(9-11-23)21-24(36)29-14-18-38-20-19-37-17-13-28-4-2/h8-11,24,28-29,36H,3-7,12-21H2,1-2H3,(H2,30,31,32,33,34). The molecule has 38 heavy (non-hydrogen) atoms. The van der Waals surface area contributed by atoms with Crippen molar-refractivity contribution in [1.29, 1.82) is 0 Å². The highest BCUT2D eigenvalue weighted by atomic mass is 16.5. The van der Waals surface area contributed by atoms with Crippen molar-refractivity contribution in [3.05, 3.63) is 29.8 Å². The van der Waals surface area contributed by atoms with Crippen LogP contribution in [0.15, 0.2) is 24.3 Å². The maximum atomic E-state index is 10.3. The molecule has 1 aromatic heterocycles. The topological polar surface area (TPSA) is 129 Å². The first-order chi connectivity index (χ1) is 18.7. The maximum absolute atomic E-state index is 10.3. The highest BCUT2D eigenvalue weighted by molar-refractivity contribution is 5.56. The predicted molar refractivity (Wildman–Crippen MR) is 152 cm³/mol. The Morgan fingerprint density at radius 2 is 1.61 bits per heavy atom. The molecule has 0 spiro atoms. The van der Waals surface area contributed by atoms with Crippen LogP contribution in [0.1, 0.15) is 45.1 Å². The van der Waals surface area contributed by atoms with E-state index in [0.29, 0.717) is 57.2 Å². The van der Waals surface area contributed by atoms with Gasteiger partial charge in [0.25, 0.3) is 0 Å². The van der Waals surface area contributed by atoms with Crippen molar-refractivity contribution in [2.45, 2.75) is 52.2 Å². The lowest BCUT2D eigenvalue weighted by molar-refractivity contribution is 0.0439. The van der Waals surface area contributed by atoms with E-state index in [2.05, 4.69) is 55.0 Å². The molecule has 0 bridgehead atoms. The second-order valence-corrected chi connectivity index (χ2v) is 9.33. The van der Waals surface area contributed by atoms with E-state index in [0.717, 1.165) is 69.7 Å². The van der Waals surface area contributed by atoms with Crippen LogP contribution in [0.4, 0.5) is 23.5 Å². The summed E-state index contributed by atoms with van der Waals surface area (Å²) in [4.78, 5) is 16.1. The summed E-state index contributed by atoms with van der Waals surface area (Å²) in [5.41, 5.74) is 1.91. The zero-order valence-corrected chi connectivity index (χ0v) is 23.0. The molecular weight excluding hydrogens is 484 g/mol. The third-order valence-corrected chi connectivity index (χ3v) is 6.14. The first-order valence-corrected chi connectivity index (χ1v) is 14.1. The van der Waals surface area contributed by atoms with Crippen LogP contribution in [-0.2, 0) is 15.9 Å². The van der Waals surface area contributed by atoms with Gasteiger partial charge in [-0.15, -0.1) is 0 Å². The molecule has 2 heterocycles. The Morgan fingerprint density at radius 3 is 2.32 bits per heavy atom. The number of aliphatic hydroxyl groups excluding tert-OH is 1. The number of aromatic nitrogens is 3. The monoisotopic (exact) mass is 530 g/mol. The van der Waals surface area contributed by atoms with Gasteiger partial charge in [0.2, 0.25) is 17.8 Å². The maximum Gasteiger partial charge on any atom is 0.233 e. The quantitative estimate of drug-likeness (QED) is 0.128. The molecule has 0 radical (unpaired) electrons. The lowest BCUT2D eigenvalue weighted by Gasteiger charge is -2.17. The molecule has 1 fully saturated rings. The summed E-state index contributed by atoms with van der Waals surface area (Å²) in [6.45, 7) is 11.7. The molecule has 2 aromatic rings. The Hall–Kier alpha value is -2.57. The van der Waals surface area contributed by atoms with E-state index in [-0.39, 0.29) is 0 Å². The number of aliphatic hydroxyl groups is 1. The van der Waals surface area contributed by atoms with E-state index in [1.54, 1.807) is 0 Å². The van der Waals surface area contributed by atoms with Crippen molar-refractivity contribution in [1.82, 2.24) is 25.6 Å². The molecule has 212 valence electrons. The van der Waals surface area contributed by atoms with Crippen molar-refractivity contribution in [2.24, 2.45) is 0 Å². The number of unbranched alkanes of at least 4 members (excludes halogenated alkanes) is 1. The molecule has 1 aromatic carbocycles. The highest BCUT2D eigenvalue weighted by Crippen LogP contribution is 2.21. The highest BCUT2D eigenvalue weighted by Gasteiger charge is 2.17. The van der Waals surface area contributed by atoms with Crippen LogP contribution < -0.4 is 26.2 Å². The average molecular weight is 531 g/mol. The first kappa shape index (κ1) is 30.0. The van der Waals surface area contributed by atoms with Gasteiger partial charge in [-0.25, -0.2) is 0 Å². The molecule has 5 N–H and O–H groups in total. The molecule has 11 nitrogen and oxygen atoms in total. The number of hydrogen-bond donors (Lipinski definition) is 5. The normalized spacial score (nSPS) is 14.1. The Kier molecular flexibility index (Phi) is 14.1. The second-order valence-electron chi connectivity index (χ2n) is 9.33. The summed E-state index contributed by atoms with van der Waals surface area (Å²) in [7, 11) is 0. The summed E-state index contributed by atoms with van der Waals surface area (Å²) in [5.74, 6) is 1.84. The van der Waals surface area contributed by atoms with Gasteiger partial charge in [-0.3, -0.25) is 5.32 Å². The lowest BCUT2D eigenvalue weighted by atomic mass is 10.1. The summed E-state index contributed by atoms with van der Waals surface area (Å²) >= 11 is 0. The van der Waals surface area contributed by atoms with Gasteiger partial charge in [-0.1, -0.05) is 32.4 Å². The minimum atomic E-state index is -0.642. The number of likely N-dealkylation sites (N-methyl/N-ethyl adjacent to an activating group) is 1. The van der Waals surface area contributed by atoms with Crippen LogP contribution in [0.3, 0.4) is 0 Å². The fraction of sp³-hybridized carbons (Fsp3) is 0.667. The molecule has 1 atom stereocenters. The van der Waals surface area contributed by atoms with Crippen LogP contribution in [-0.4, -0.2) is 92.0 Å². The number of nitrogens with zero attached hydrogens (tertiary/aromatic N) is 4. The van der Waals surface area contributed by atoms with E-state index in [9.17, 15) is 5.11 Å². The van der Waals surface area contributed by atoms with Crippen molar-refractivity contribution >= 4 is 23.5 Å². The third kappa shape index (κ3) is 11.4. The fourth-order valence-corrected chi connectivity index (χ4v) is 4.02. The number of rotatable bonds is 20. The average Bonchev–Trinajstić information content (AvgIpc) is 3.46. The zero-order chi connectivity index (χ0) is 26.8. The number of nitrogens with one attached hydrogen (secondary N) is 4. The second kappa shape index (κ2) is 17.8. The van der Waals surface area contributed by atoms with Crippen molar-refractivity contribution in [3.63, 3.8) is 0 Å². The third-order valence-electron chi connectivity index (χ3n) is 6.14. The van der Waals surface area contributed by atoms with Crippen LogP contribution >= 0.6 is 0 Å². The minimum Gasteiger partial charge on any atom is -0.378 e. The summed E-state index contributed by atoms with van der Waals surface area (Å²) < 4.78 is 11.0. The van der Waals surface area contributed by atoms with Crippen LogP contribution in [0.2, 0.25) is 0 Å². The molecule has 11 heteroatoms. The molecule has 0 saturated carbocycles. The SMILES string of the molecule is CCCCNc1nc(Nc2ccc(CC(O)NCCOCCOCCNCC)cc2)nc(N2CCCC2)n1. The Balaban J connectivity index is 1.41. The molecule has 3 rings (SSSR count). The lowest BCUT2D eigenvalue weighted by Crippen LogP contribution is -2.33.